The maximum absolute atomic E-state index is 12.3. The molecule has 1 amide bonds. The third kappa shape index (κ3) is 4.27. The maximum Gasteiger partial charge on any atom is 0.222 e. The van der Waals surface area contributed by atoms with Crippen LogP contribution in [0.1, 0.15) is 18.4 Å². The lowest BCUT2D eigenvalue weighted by Gasteiger charge is -2.20. The molecule has 1 aromatic carbocycles. The zero-order valence-corrected chi connectivity index (χ0v) is 13.9. The first kappa shape index (κ1) is 16.9. The molecule has 0 bridgehead atoms. The second kappa shape index (κ2) is 8.25. The second-order valence-electron chi connectivity index (χ2n) is 5.28. The summed E-state index contributed by atoms with van der Waals surface area (Å²) in [7, 11) is 3.17. The molecule has 0 atom stereocenters. The van der Waals surface area contributed by atoms with Crippen molar-refractivity contribution >= 4 is 17.5 Å². The number of carbonyl (C=O) groups is 1. The molecule has 122 valence electrons. The molecule has 1 aromatic rings. The standard InChI is InChI=1S/C16H23ClN2O3/c1-21-14-11-15(22-2)13(17)10-12(14)4-5-16(20)19-8-3-6-18-7-9-19/h10-11,18H,3-9H2,1-2H3. The van der Waals surface area contributed by atoms with Crippen molar-refractivity contribution in [1.82, 2.24) is 10.2 Å². The van der Waals surface area contributed by atoms with Gasteiger partial charge in [0.05, 0.1) is 19.2 Å². The highest BCUT2D eigenvalue weighted by Gasteiger charge is 2.17. The topological polar surface area (TPSA) is 50.8 Å². The number of hydrogen-bond acceptors (Lipinski definition) is 4. The van der Waals surface area contributed by atoms with Gasteiger partial charge in [-0.15, -0.1) is 0 Å². The van der Waals surface area contributed by atoms with Crippen molar-refractivity contribution in [2.45, 2.75) is 19.3 Å². The molecule has 0 spiro atoms. The van der Waals surface area contributed by atoms with E-state index in [0.29, 0.717) is 29.4 Å². The Morgan fingerprint density at radius 3 is 2.73 bits per heavy atom. The summed E-state index contributed by atoms with van der Waals surface area (Å²) in [5, 5.41) is 3.83. The van der Waals surface area contributed by atoms with Gasteiger partial charge in [-0.05, 0) is 31.0 Å². The van der Waals surface area contributed by atoms with Crippen LogP contribution in [0, 0.1) is 0 Å². The van der Waals surface area contributed by atoms with E-state index in [-0.39, 0.29) is 5.91 Å². The second-order valence-corrected chi connectivity index (χ2v) is 5.69. The number of carbonyl (C=O) groups excluding carboxylic acids is 1. The Hall–Kier alpha value is -1.46. The number of nitrogens with zero attached hydrogens (tertiary/aromatic N) is 1. The summed E-state index contributed by atoms with van der Waals surface area (Å²) in [5.74, 6) is 1.46. The van der Waals surface area contributed by atoms with E-state index in [9.17, 15) is 4.79 Å². The minimum atomic E-state index is 0.178. The fourth-order valence-electron chi connectivity index (χ4n) is 2.61. The van der Waals surface area contributed by atoms with E-state index in [2.05, 4.69) is 5.32 Å². The van der Waals surface area contributed by atoms with Gasteiger partial charge in [-0.2, -0.15) is 0 Å². The Labute approximate surface area is 136 Å². The molecule has 1 aliphatic rings. The molecule has 1 saturated heterocycles. The van der Waals surface area contributed by atoms with Crippen molar-refractivity contribution < 1.29 is 14.3 Å². The molecule has 0 saturated carbocycles. The van der Waals surface area contributed by atoms with Crippen molar-refractivity contribution in [3.8, 4) is 11.5 Å². The van der Waals surface area contributed by atoms with Crippen LogP contribution in [-0.2, 0) is 11.2 Å². The first-order valence-electron chi connectivity index (χ1n) is 7.54. The SMILES string of the molecule is COc1cc(OC)c(CCC(=O)N2CCCNCC2)cc1Cl. The highest BCUT2D eigenvalue weighted by molar-refractivity contribution is 6.32. The van der Waals surface area contributed by atoms with Gasteiger partial charge in [0.2, 0.25) is 5.91 Å². The maximum atomic E-state index is 12.3. The average molecular weight is 327 g/mol. The van der Waals surface area contributed by atoms with Crippen LogP contribution in [0.4, 0.5) is 0 Å². The van der Waals surface area contributed by atoms with Gasteiger partial charge in [-0.25, -0.2) is 0 Å². The van der Waals surface area contributed by atoms with Gasteiger partial charge >= 0.3 is 0 Å². The van der Waals surface area contributed by atoms with Crippen LogP contribution in [0.15, 0.2) is 12.1 Å². The van der Waals surface area contributed by atoms with Crippen LogP contribution in [0.5, 0.6) is 11.5 Å². The van der Waals surface area contributed by atoms with Crippen LogP contribution in [0.25, 0.3) is 0 Å². The zero-order chi connectivity index (χ0) is 15.9. The summed E-state index contributed by atoms with van der Waals surface area (Å²) in [4.78, 5) is 14.3. The molecule has 1 fully saturated rings. The number of nitrogens with one attached hydrogen (secondary N) is 1. The normalized spacial score (nSPS) is 15.3. The van der Waals surface area contributed by atoms with E-state index in [0.717, 1.165) is 38.2 Å². The molecule has 1 aliphatic heterocycles. The third-order valence-electron chi connectivity index (χ3n) is 3.86. The summed E-state index contributed by atoms with van der Waals surface area (Å²) in [5.41, 5.74) is 0.926. The predicted octanol–water partition coefficient (Wildman–Crippen LogP) is 2.11. The monoisotopic (exact) mass is 326 g/mol. The van der Waals surface area contributed by atoms with Crippen LogP contribution >= 0.6 is 11.6 Å². The molecule has 0 aliphatic carbocycles. The smallest absolute Gasteiger partial charge is 0.222 e. The number of hydrogen-bond donors (Lipinski definition) is 1. The molecular weight excluding hydrogens is 304 g/mol. The van der Waals surface area contributed by atoms with E-state index >= 15 is 0 Å². The van der Waals surface area contributed by atoms with Crippen molar-refractivity contribution in [3.63, 3.8) is 0 Å². The van der Waals surface area contributed by atoms with E-state index in [1.807, 2.05) is 11.0 Å². The number of rotatable bonds is 5. The highest BCUT2D eigenvalue weighted by Crippen LogP contribution is 2.33. The molecule has 1 N–H and O–H groups in total. The number of ether oxygens (including phenoxy) is 2. The third-order valence-corrected chi connectivity index (χ3v) is 4.15. The van der Waals surface area contributed by atoms with E-state index in [1.165, 1.54) is 0 Å². The summed E-state index contributed by atoms with van der Waals surface area (Å²) < 4.78 is 10.6. The van der Waals surface area contributed by atoms with Crippen LogP contribution in [0.3, 0.4) is 0 Å². The van der Waals surface area contributed by atoms with Crippen molar-refractivity contribution in [1.29, 1.82) is 0 Å². The van der Waals surface area contributed by atoms with Gasteiger partial charge < -0.3 is 19.7 Å². The van der Waals surface area contributed by atoms with Crippen molar-refractivity contribution in [2.75, 3.05) is 40.4 Å². The van der Waals surface area contributed by atoms with Crippen molar-refractivity contribution in [2.24, 2.45) is 0 Å². The van der Waals surface area contributed by atoms with Gasteiger partial charge in [0, 0.05) is 32.1 Å². The van der Waals surface area contributed by atoms with Crippen LogP contribution in [0.2, 0.25) is 5.02 Å². The largest absolute Gasteiger partial charge is 0.496 e. The molecule has 0 unspecified atom stereocenters. The molecule has 1 heterocycles. The number of benzene rings is 1. The van der Waals surface area contributed by atoms with E-state index in [1.54, 1.807) is 20.3 Å². The number of halogens is 1. The van der Waals surface area contributed by atoms with Crippen molar-refractivity contribution in [3.05, 3.63) is 22.7 Å². The predicted molar refractivity (Wildman–Crippen MR) is 86.9 cm³/mol. The van der Waals surface area contributed by atoms with Gasteiger partial charge in [-0.1, -0.05) is 11.6 Å². The molecule has 0 aromatic heterocycles. The molecule has 22 heavy (non-hydrogen) atoms. The quantitative estimate of drug-likeness (QED) is 0.900. The first-order valence-corrected chi connectivity index (χ1v) is 7.92. The van der Waals surface area contributed by atoms with Gasteiger partial charge in [0.15, 0.2) is 0 Å². The molecular formula is C16H23ClN2O3. The Kier molecular flexibility index (Phi) is 6.34. The molecule has 5 nitrogen and oxygen atoms in total. The first-order chi connectivity index (χ1) is 10.7. The lowest BCUT2D eigenvalue weighted by molar-refractivity contribution is -0.130. The van der Waals surface area contributed by atoms with E-state index in [4.69, 9.17) is 21.1 Å². The molecule has 0 radical (unpaired) electrons. The number of amides is 1. The summed E-state index contributed by atoms with van der Waals surface area (Å²) in [6.45, 7) is 3.45. The Morgan fingerprint density at radius 1 is 1.23 bits per heavy atom. The molecule has 6 heteroatoms. The zero-order valence-electron chi connectivity index (χ0n) is 13.2. The van der Waals surface area contributed by atoms with E-state index < -0.39 is 0 Å². The van der Waals surface area contributed by atoms with Gasteiger partial charge in [0.1, 0.15) is 11.5 Å². The minimum absolute atomic E-state index is 0.178. The number of methoxy groups -OCH3 is 2. The van der Waals surface area contributed by atoms with Crippen LogP contribution in [-0.4, -0.2) is 51.2 Å². The Balaban J connectivity index is 2.01. The minimum Gasteiger partial charge on any atom is -0.496 e. The summed E-state index contributed by atoms with van der Waals surface area (Å²) in [6, 6.07) is 3.58. The average Bonchev–Trinajstić information content (AvgIpc) is 2.82. The fourth-order valence-corrected chi connectivity index (χ4v) is 2.88. The van der Waals surface area contributed by atoms with Gasteiger partial charge in [0.25, 0.3) is 0 Å². The number of aryl methyl sites for hydroxylation is 1. The van der Waals surface area contributed by atoms with Crippen LogP contribution < -0.4 is 14.8 Å². The lowest BCUT2D eigenvalue weighted by Crippen LogP contribution is -2.34. The lowest BCUT2D eigenvalue weighted by atomic mass is 10.1. The summed E-state index contributed by atoms with van der Waals surface area (Å²) in [6.07, 6.45) is 2.07. The Morgan fingerprint density at radius 2 is 2.00 bits per heavy atom. The highest BCUT2D eigenvalue weighted by atomic mass is 35.5. The Bertz CT molecular complexity index is 514. The summed E-state index contributed by atoms with van der Waals surface area (Å²) >= 11 is 6.16. The van der Waals surface area contributed by atoms with Gasteiger partial charge in [-0.3, -0.25) is 4.79 Å². The fraction of sp³-hybridized carbons (Fsp3) is 0.562. The molecule has 2 rings (SSSR count).